The van der Waals surface area contributed by atoms with Crippen molar-refractivity contribution in [3.05, 3.63) is 77.3 Å². The van der Waals surface area contributed by atoms with E-state index in [1.807, 2.05) is 0 Å². The molecule has 5 nitrogen and oxygen atoms in total. The summed E-state index contributed by atoms with van der Waals surface area (Å²) in [5.74, 6) is -0.358. The highest BCUT2D eigenvalue weighted by Crippen LogP contribution is 2.30. The quantitative estimate of drug-likeness (QED) is 0.585. The first-order chi connectivity index (χ1) is 12.9. The van der Waals surface area contributed by atoms with Crippen LogP contribution in [0.4, 0.5) is 13.2 Å². The zero-order chi connectivity index (χ0) is 19.0. The molecule has 0 aliphatic heterocycles. The van der Waals surface area contributed by atoms with Crippen molar-refractivity contribution in [2.45, 2.75) is 6.36 Å². The molecule has 3 heterocycles. The molecule has 4 aromatic rings. The van der Waals surface area contributed by atoms with Gasteiger partial charge in [-0.1, -0.05) is 18.2 Å². The maximum Gasteiger partial charge on any atom is 0.573 e. The van der Waals surface area contributed by atoms with Gasteiger partial charge in [0.05, 0.1) is 11.4 Å². The Bertz CT molecular complexity index is 1180. The standard InChI is InChI=1S/C19H12F3N3O2/c20-19(21,22)27-13-5-1-4-12(10-13)15-7-2-8-17(26)25(15)16-11-24-18-14(16)6-3-9-23-18/h1-11H,(H,23,24). The molecule has 0 unspecified atom stereocenters. The van der Waals surface area contributed by atoms with Crippen LogP contribution >= 0.6 is 0 Å². The van der Waals surface area contributed by atoms with Crippen molar-refractivity contribution in [2.75, 3.05) is 0 Å². The molecule has 0 amide bonds. The normalized spacial score (nSPS) is 11.7. The summed E-state index contributed by atoms with van der Waals surface area (Å²) in [5, 5.41) is 0.717. The first-order valence-electron chi connectivity index (χ1n) is 7.93. The Hall–Kier alpha value is -3.55. The summed E-state index contributed by atoms with van der Waals surface area (Å²) in [5.41, 5.74) is 1.68. The number of nitrogens with zero attached hydrogens (tertiary/aromatic N) is 2. The Balaban J connectivity index is 1.90. The molecule has 0 saturated heterocycles. The highest BCUT2D eigenvalue weighted by Gasteiger charge is 2.31. The molecular weight excluding hydrogens is 359 g/mol. The fourth-order valence-corrected chi connectivity index (χ4v) is 2.94. The molecule has 0 bridgehead atoms. The van der Waals surface area contributed by atoms with E-state index >= 15 is 0 Å². The minimum absolute atomic E-state index is 0.320. The van der Waals surface area contributed by atoms with Crippen LogP contribution in [0.25, 0.3) is 28.0 Å². The van der Waals surface area contributed by atoms with Gasteiger partial charge in [-0.15, -0.1) is 13.2 Å². The summed E-state index contributed by atoms with van der Waals surface area (Å²) < 4.78 is 43.0. The molecule has 4 rings (SSSR count). The van der Waals surface area contributed by atoms with E-state index in [0.29, 0.717) is 22.6 Å². The van der Waals surface area contributed by atoms with Gasteiger partial charge in [-0.2, -0.15) is 0 Å². The summed E-state index contributed by atoms with van der Waals surface area (Å²) in [6, 6.07) is 13.6. The highest BCUT2D eigenvalue weighted by molar-refractivity contribution is 5.86. The Morgan fingerprint density at radius 1 is 1.04 bits per heavy atom. The average Bonchev–Trinajstić information content (AvgIpc) is 3.04. The maximum absolute atomic E-state index is 12.6. The number of rotatable bonds is 3. The topological polar surface area (TPSA) is 59.9 Å². The molecule has 1 aromatic carbocycles. The van der Waals surface area contributed by atoms with Crippen molar-refractivity contribution in [3.8, 4) is 22.7 Å². The first-order valence-corrected chi connectivity index (χ1v) is 7.93. The van der Waals surface area contributed by atoms with Crippen LogP contribution in [0.3, 0.4) is 0 Å². The van der Waals surface area contributed by atoms with E-state index in [1.54, 1.807) is 42.7 Å². The minimum Gasteiger partial charge on any atom is -0.406 e. The molecule has 0 fully saturated rings. The fourth-order valence-electron chi connectivity index (χ4n) is 2.94. The van der Waals surface area contributed by atoms with Crippen molar-refractivity contribution in [1.29, 1.82) is 0 Å². The lowest BCUT2D eigenvalue weighted by atomic mass is 10.1. The second-order valence-electron chi connectivity index (χ2n) is 5.73. The number of alkyl halides is 3. The van der Waals surface area contributed by atoms with Gasteiger partial charge < -0.3 is 9.72 Å². The molecule has 27 heavy (non-hydrogen) atoms. The number of hydrogen-bond acceptors (Lipinski definition) is 3. The third-order valence-electron chi connectivity index (χ3n) is 3.99. The van der Waals surface area contributed by atoms with Gasteiger partial charge in [-0.3, -0.25) is 9.36 Å². The van der Waals surface area contributed by atoms with E-state index < -0.39 is 6.36 Å². The van der Waals surface area contributed by atoms with Gasteiger partial charge in [0, 0.05) is 29.4 Å². The Labute approximate surface area is 150 Å². The SMILES string of the molecule is O=c1cccc(-c2cccc(OC(F)(F)F)c2)n1-c1c[nH]c2ncccc12. The molecule has 3 aromatic heterocycles. The highest BCUT2D eigenvalue weighted by atomic mass is 19.4. The van der Waals surface area contributed by atoms with Crippen molar-refractivity contribution >= 4 is 11.0 Å². The lowest BCUT2D eigenvalue weighted by Crippen LogP contribution is -2.19. The monoisotopic (exact) mass is 371 g/mol. The van der Waals surface area contributed by atoms with Crippen LogP contribution in [-0.4, -0.2) is 20.9 Å². The third-order valence-corrected chi connectivity index (χ3v) is 3.99. The second-order valence-corrected chi connectivity index (χ2v) is 5.73. The lowest BCUT2D eigenvalue weighted by molar-refractivity contribution is -0.274. The van der Waals surface area contributed by atoms with Crippen LogP contribution < -0.4 is 10.3 Å². The van der Waals surface area contributed by atoms with Crippen LogP contribution in [0.1, 0.15) is 0 Å². The molecule has 1 N–H and O–H groups in total. The van der Waals surface area contributed by atoms with E-state index in [2.05, 4.69) is 14.7 Å². The van der Waals surface area contributed by atoms with Crippen LogP contribution in [0.2, 0.25) is 0 Å². The number of aromatic nitrogens is 3. The molecule has 0 saturated carbocycles. The van der Waals surface area contributed by atoms with Gasteiger partial charge in [0.1, 0.15) is 11.4 Å². The number of nitrogens with one attached hydrogen (secondary N) is 1. The Morgan fingerprint density at radius 2 is 1.85 bits per heavy atom. The molecule has 0 aliphatic carbocycles. The smallest absolute Gasteiger partial charge is 0.406 e. The zero-order valence-corrected chi connectivity index (χ0v) is 13.7. The fraction of sp³-hybridized carbons (Fsp3) is 0.0526. The van der Waals surface area contributed by atoms with E-state index in [0.717, 1.165) is 5.39 Å². The number of fused-ring (bicyclic) bond motifs is 1. The van der Waals surface area contributed by atoms with Crippen molar-refractivity contribution in [2.24, 2.45) is 0 Å². The van der Waals surface area contributed by atoms with Crippen LogP contribution in [-0.2, 0) is 0 Å². The maximum atomic E-state index is 12.6. The lowest BCUT2D eigenvalue weighted by Gasteiger charge is -2.14. The summed E-state index contributed by atoms with van der Waals surface area (Å²) in [6.07, 6.45) is -1.54. The molecule has 0 spiro atoms. The Kier molecular flexibility index (Phi) is 3.95. The van der Waals surface area contributed by atoms with Gasteiger partial charge in [-0.05, 0) is 30.3 Å². The summed E-state index contributed by atoms with van der Waals surface area (Å²) >= 11 is 0. The van der Waals surface area contributed by atoms with E-state index in [4.69, 9.17) is 0 Å². The molecule has 0 atom stereocenters. The molecule has 8 heteroatoms. The van der Waals surface area contributed by atoms with Crippen LogP contribution in [0.15, 0.2) is 71.8 Å². The van der Waals surface area contributed by atoms with E-state index in [1.165, 1.54) is 28.8 Å². The largest absolute Gasteiger partial charge is 0.573 e. The minimum atomic E-state index is -4.79. The van der Waals surface area contributed by atoms with Crippen molar-refractivity contribution in [3.63, 3.8) is 0 Å². The average molecular weight is 371 g/mol. The second kappa shape index (κ2) is 6.31. The number of pyridine rings is 2. The number of hydrogen-bond donors (Lipinski definition) is 1. The van der Waals surface area contributed by atoms with Gasteiger partial charge in [0.25, 0.3) is 5.56 Å². The Morgan fingerprint density at radius 3 is 2.67 bits per heavy atom. The van der Waals surface area contributed by atoms with E-state index in [9.17, 15) is 18.0 Å². The summed E-state index contributed by atoms with van der Waals surface area (Å²) in [6.45, 7) is 0. The molecule has 136 valence electrons. The zero-order valence-electron chi connectivity index (χ0n) is 13.7. The predicted molar refractivity (Wildman–Crippen MR) is 93.8 cm³/mol. The van der Waals surface area contributed by atoms with E-state index in [-0.39, 0.29) is 11.3 Å². The number of benzene rings is 1. The summed E-state index contributed by atoms with van der Waals surface area (Å²) in [4.78, 5) is 19.8. The number of halogens is 3. The third kappa shape index (κ3) is 3.29. The molecule has 0 radical (unpaired) electrons. The van der Waals surface area contributed by atoms with Crippen LogP contribution in [0, 0.1) is 0 Å². The number of aromatic amines is 1. The van der Waals surface area contributed by atoms with Crippen molar-refractivity contribution in [1.82, 2.24) is 14.5 Å². The first kappa shape index (κ1) is 16.9. The molecule has 0 aliphatic rings. The van der Waals surface area contributed by atoms with Crippen LogP contribution in [0.5, 0.6) is 5.75 Å². The van der Waals surface area contributed by atoms with Gasteiger partial charge in [-0.25, -0.2) is 4.98 Å². The summed E-state index contributed by atoms with van der Waals surface area (Å²) in [7, 11) is 0. The number of H-pyrrole nitrogens is 1. The predicted octanol–water partition coefficient (Wildman–Crippen LogP) is 4.28. The van der Waals surface area contributed by atoms with Gasteiger partial charge in [0.2, 0.25) is 0 Å². The van der Waals surface area contributed by atoms with Gasteiger partial charge >= 0.3 is 6.36 Å². The number of ether oxygens (including phenoxy) is 1. The van der Waals surface area contributed by atoms with Gasteiger partial charge in [0.15, 0.2) is 0 Å². The van der Waals surface area contributed by atoms with Crippen molar-refractivity contribution < 1.29 is 17.9 Å². The molecular formula is C19H12F3N3O2.